The minimum Gasteiger partial charge on any atom is -0.457 e. The van der Waals surface area contributed by atoms with Crippen LogP contribution >= 0.6 is 0 Å². The molecule has 0 aliphatic rings. The molecule has 2 amide bonds. The van der Waals surface area contributed by atoms with E-state index < -0.39 is 11.8 Å². The van der Waals surface area contributed by atoms with Crippen molar-refractivity contribution >= 4 is 23.2 Å². The first kappa shape index (κ1) is 20.1. The van der Waals surface area contributed by atoms with Crippen molar-refractivity contribution in [3.8, 4) is 11.5 Å². The summed E-state index contributed by atoms with van der Waals surface area (Å²) in [6.45, 7) is 4.17. The predicted octanol–water partition coefficient (Wildman–Crippen LogP) is 5.57. The van der Waals surface area contributed by atoms with E-state index in [1.54, 1.807) is 24.3 Å². The maximum atomic E-state index is 12.3. The third-order valence-electron chi connectivity index (χ3n) is 4.65. The van der Waals surface area contributed by atoms with Gasteiger partial charge in [0, 0.05) is 11.4 Å². The summed E-state index contributed by atoms with van der Waals surface area (Å²) < 4.78 is 5.72. The highest BCUT2D eigenvalue weighted by molar-refractivity contribution is 6.43. The van der Waals surface area contributed by atoms with E-state index >= 15 is 0 Å². The van der Waals surface area contributed by atoms with Gasteiger partial charge in [0.2, 0.25) is 0 Å². The van der Waals surface area contributed by atoms with Gasteiger partial charge >= 0.3 is 11.8 Å². The molecule has 0 saturated carbocycles. The number of rotatable bonds is 6. The molecule has 0 bridgehead atoms. The van der Waals surface area contributed by atoms with Crippen LogP contribution in [0.1, 0.15) is 31.7 Å². The molecular formula is C24H24N2O3. The predicted molar refractivity (Wildman–Crippen MR) is 115 cm³/mol. The van der Waals surface area contributed by atoms with Crippen molar-refractivity contribution in [1.29, 1.82) is 0 Å². The molecule has 3 rings (SSSR count). The SMILES string of the molecule is CCC(C)c1ccccc1NC(=O)C(=O)Nc1ccc(Oc2ccccc2)cc1. The van der Waals surface area contributed by atoms with E-state index in [9.17, 15) is 9.59 Å². The van der Waals surface area contributed by atoms with Gasteiger partial charge in [-0.2, -0.15) is 0 Å². The summed E-state index contributed by atoms with van der Waals surface area (Å²) >= 11 is 0. The Labute approximate surface area is 170 Å². The smallest absolute Gasteiger partial charge is 0.314 e. The molecule has 2 N–H and O–H groups in total. The summed E-state index contributed by atoms with van der Waals surface area (Å²) in [6, 6.07) is 23.8. The van der Waals surface area contributed by atoms with E-state index in [4.69, 9.17) is 4.74 Å². The summed E-state index contributed by atoms with van der Waals surface area (Å²) in [5.74, 6) is 0.225. The van der Waals surface area contributed by atoms with E-state index in [1.807, 2.05) is 54.6 Å². The number of hydrogen-bond donors (Lipinski definition) is 2. The number of hydrogen-bond acceptors (Lipinski definition) is 3. The van der Waals surface area contributed by atoms with Crippen LogP contribution in [-0.2, 0) is 9.59 Å². The fourth-order valence-corrected chi connectivity index (χ4v) is 2.86. The second-order valence-corrected chi connectivity index (χ2v) is 6.74. The van der Waals surface area contributed by atoms with Gasteiger partial charge in [-0.25, -0.2) is 0 Å². The van der Waals surface area contributed by atoms with Crippen molar-refractivity contribution in [1.82, 2.24) is 0 Å². The van der Waals surface area contributed by atoms with E-state index in [-0.39, 0.29) is 5.92 Å². The molecule has 3 aromatic rings. The molecule has 1 atom stereocenters. The van der Waals surface area contributed by atoms with E-state index in [0.29, 0.717) is 17.1 Å². The number of nitrogens with one attached hydrogen (secondary N) is 2. The van der Waals surface area contributed by atoms with Gasteiger partial charge in [-0.3, -0.25) is 9.59 Å². The Hall–Kier alpha value is -3.60. The van der Waals surface area contributed by atoms with E-state index in [1.165, 1.54) is 0 Å². The zero-order valence-electron chi connectivity index (χ0n) is 16.5. The van der Waals surface area contributed by atoms with Crippen molar-refractivity contribution in [2.45, 2.75) is 26.2 Å². The molecule has 0 spiro atoms. The van der Waals surface area contributed by atoms with Gasteiger partial charge in [-0.1, -0.05) is 50.2 Å². The maximum absolute atomic E-state index is 12.3. The Kier molecular flexibility index (Phi) is 6.63. The molecule has 0 aliphatic heterocycles. The summed E-state index contributed by atoms with van der Waals surface area (Å²) in [4.78, 5) is 24.6. The van der Waals surface area contributed by atoms with Crippen molar-refractivity contribution in [3.63, 3.8) is 0 Å². The van der Waals surface area contributed by atoms with E-state index in [0.717, 1.165) is 17.7 Å². The lowest BCUT2D eigenvalue weighted by Gasteiger charge is -2.15. The van der Waals surface area contributed by atoms with Crippen LogP contribution in [0.3, 0.4) is 0 Å². The molecule has 5 nitrogen and oxygen atoms in total. The Morgan fingerprint density at radius 3 is 2.07 bits per heavy atom. The lowest BCUT2D eigenvalue weighted by molar-refractivity contribution is -0.133. The fraction of sp³-hybridized carbons (Fsp3) is 0.167. The average molecular weight is 388 g/mol. The number of ether oxygens (including phenoxy) is 1. The first-order chi connectivity index (χ1) is 14.1. The number of benzene rings is 3. The largest absolute Gasteiger partial charge is 0.457 e. The van der Waals surface area contributed by atoms with Gasteiger partial charge in [-0.15, -0.1) is 0 Å². The van der Waals surface area contributed by atoms with Crippen LogP contribution in [0.4, 0.5) is 11.4 Å². The fourth-order valence-electron chi connectivity index (χ4n) is 2.86. The minimum atomic E-state index is -0.722. The molecule has 0 aromatic heterocycles. The van der Waals surface area contributed by atoms with Crippen molar-refractivity contribution < 1.29 is 14.3 Å². The van der Waals surface area contributed by atoms with Gasteiger partial charge in [0.1, 0.15) is 11.5 Å². The van der Waals surface area contributed by atoms with Crippen LogP contribution < -0.4 is 15.4 Å². The second kappa shape index (κ2) is 9.55. The molecule has 0 aliphatic carbocycles. The van der Waals surface area contributed by atoms with Crippen LogP contribution in [0.5, 0.6) is 11.5 Å². The molecule has 0 saturated heterocycles. The highest BCUT2D eigenvalue weighted by Crippen LogP contribution is 2.26. The van der Waals surface area contributed by atoms with Gasteiger partial charge in [0.05, 0.1) is 0 Å². The Morgan fingerprint density at radius 2 is 1.38 bits per heavy atom. The maximum Gasteiger partial charge on any atom is 0.314 e. The number of carbonyl (C=O) groups excluding carboxylic acids is 2. The summed E-state index contributed by atoms with van der Waals surface area (Å²) in [6.07, 6.45) is 0.941. The Morgan fingerprint density at radius 1 is 0.793 bits per heavy atom. The molecule has 3 aromatic carbocycles. The number of carbonyl (C=O) groups is 2. The first-order valence-electron chi connectivity index (χ1n) is 9.61. The third-order valence-corrected chi connectivity index (χ3v) is 4.65. The molecule has 5 heteroatoms. The lowest BCUT2D eigenvalue weighted by atomic mass is 9.97. The quantitative estimate of drug-likeness (QED) is 0.543. The van der Waals surface area contributed by atoms with Crippen molar-refractivity contribution in [2.75, 3.05) is 10.6 Å². The molecule has 0 heterocycles. The van der Waals surface area contributed by atoms with Gasteiger partial charge < -0.3 is 15.4 Å². The van der Waals surface area contributed by atoms with Crippen LogP contribution in [0.2, 0.25) is 0 Å². The lowest BCUT2D eigenvalue weighted by Crippen LogP contribution is -2.29. The second-order valence-electron chi connectivity index (χ2n) is 6.74. The minimum absolute atomic E-state index is 0.284. The van der Waals surface area contributed by atoms with Crippen LogP contribution in [0.15, 0.2) is 78.9 Å². The van der Waals surface area contributed by atoms with Crippen LogP contribution in [-0.4, -0.2) is 11.8 Å². The van der Waals surface area contributed by atoms with Gasteiger partial charge in [0.25, 0.3) is 0 Å². The van der Waals surface area contributed by atoms with Crippen molar-refractivity contribution in [3.05, 3.63) is 84.4 Å². The Balaban J connectivity index is 1.61. The topological polar surface area (TPSA) is 67.4 Å². The zero-order chi connectivity index (χ0) is 20.6. The zero-order valence-corrected chi connectivity index (χ0v) is 16.5. The monoisotopic (exact) mass is 388 g/mol. The summed E-state index contributed by atoms with van der Waals surface area (Å²) in [5, 5.41) is 5.32. The molecule has 29 heavy (non-hydrogen) atoms. The molecule has 0 fully saturated rings. The number of amides is 2. The summed E-state index contributed by atoms with van der Waals surface area (Å²) in [5.41, 5.74) is 2.19. The van der Waals surface area contributed by atoms with E-state index in [2.05, 4.69) is 24.5 Å². The third kappa shape index (κ3) is 5.45. The first-order valence-corrected chi connectivity index (χ1v) is 9.61. The number of para-hydroxylation sites is 2. The molecular weight excluding hydrogens is 364 g/mol. The van der Waals surface area contributed by atoms with Crippen LogP contribution in [0.25, 0.3) is 0 Å². The molecule has 0 radical (unpaired) electrons. The highest BCUT2D eigenvalue weighted by atomic mass is 16.5. The standard InChI is InChI=1S/C24H24N2O3/c1-3-17(2)21-11-7-8-12-22(21)26-24(28)23(27)25-18-13-15-20(16-14-18)29-19-9-5-4-6-10-19/h4-17H,3H2,1-2H3,(H,25,27)(H,26,28). The molecule has 148 valence electrons. The van der Waals surface area contributed by atoms with Crippen molar-refractivity contribution in [2.24, 2.45) is 0 Å². The molecule has 1 unspecified atom stereocenters. The Bertz CT molecular complexity index is 969. The van der Waals surface area contributed by atoms with Gasteiger partial charge in [-0.05, 0) is 60.4 Å². The van der Waals surface area contributed by atoms with Crippen LogP contribution in [0, 0.1) is 0 Å². The highest BCUT2D eigenvalue weighted by Gasteiger charge is 2.17. The summed E-state index contributed by atoms with van der Waals surface area (Å²) in [7, 11) is 0. The average Bonchev–Trinajstić information content (AvgIpc) is 2.75. The normalized spacial score (nSPS) is 11.4. The number of anilines is 2. The van der Waals surface area contributed by atoms with Gasteiger partial charge in [0.15, 0.2) is 0 Å².